The average Bonchev–Trinajstić information content (AvgIpc) is 3.02. The number of aliphatic imine (C=N–C) groups is 2. The van der Waals surface area contributed by atoms with Crippen molar-refractivity contribution in [3.63, 3.8) is 0 Å². The fraction of sp³-hybridized carbons (Fsp3) is 0.944. The van der Waals surface area contributed by atoms with Crippen molar-refractivity contribution < 1.29 is 29.2 Å². The summed E-state index contributed by atoms with van der Waals surface area (Å²) in [6.45, 7) is 24.7. The van der Waals surface area contributed by atoms with Crippen LogP contribution in [0.2, 0.25) is 39.3 Å². The molecule has 11 heteroatoms. The standard InChI is InChI=1S/C36H72N2O4Si2.2BrH.Ni/c1-13-27-23-31(39-5)24-28(14-2)35(27)37-33(19-17-21-41-43(7,8)9)34(20-18-22-42-44(10,11)12)38-36-29(15-3)25-32(40-6)26-30(36)16-4;;;/h27-32,35-36H,13-26H2,1-12H3;2*1H;/q;;;+2/p-2. The summed E-state index contributed by atoms with van der Waals surface area (Å²) in [4.78, 5) is 11.6. The first-order valence-corrected chi connectivity index (χ1v) is 30.2. The van der Waals surface area contributed by atoms with Gasteiger partial charge in [0.05, 0.1) is 35.7 Å². The Bertz CT molecular complexity index is 805. The van der Waals surface area contributed by atoms with Gasteiger partial charge in [0, 0.05) is 27.4 Å². The van der Waals surface area contributed by atoms with Crippen LogP contribution < -0.4 is 0 Å². The second kappa shape index (κ2) is 24.3. The predicted molar refractivity (Wildman–Crippen MR) is 213 cm³/mol. The van der Waals surface area contributed by atoms with Gasteiger partial charge in [-0.1, -0.05) is 53.4 Å². The van der Waals surface area contributed by atoms with E-state index in [0.717, 1.165) is 90.3 Å². The van der Waals surface area contributed by atoms with Crippen LogP contribution in [0.3, 0.4) is 0 Å². The molecular formula is C36H72Br2N2NiO4Si2. The van der Waals surface area contributed by atoms with Crippen molar-refractivity contribution in [3.8, 4) is 0 Å². The van der Waals surface area contributed by atoms with Gasteiger partial charge in [-0.15, -0.1) is 0 Å². The molecule has 0 aromatic rings. The van der Waals surface area contributed by atoms with Crippen LogP contribution in [0.1, 0.15) is 105 Å². The van der Waals surface area contributed by atoms with E-state index < -0.39 is 16.6 Å². The van der Waals surface area contributed by atoms with Crippen molar-refractivity contribution in [1.29, 1.82) is 0 Å². The minimum absolute atomic E-state index is 0.334. The third-order valence-electron chi connectivity index (χ3n) is 10.1. The summed E-state index contributed by atoms with van der Waals surface area (Å²) in [6, 6.07) is 0.668. The van der Waals surface area contributed by atoms with E-state index in [4.69, 9.17) is 28.3 Å². The van der Waals surface area contributed by atoms with E-state index in [2.05, 4.69) is 95.4 Å². The van der Waals surface area contributed by atoms with Crippen molar-refractivity contribution in [1.82, 2.24) is 0 Å². The quantitative estimate of drug-likeness (QED) is 0.0737. The van der Waals surface area contributed by atoms with E-state index >= 15 is 0 Å². The van der Waals surface area contributed by atoms with Crippen LogP contribution in [-0.4, -0.2) is 79.8 Å². The molecule has 0 saturated heterocycles. The zero-order valence-electron chi connectivity index (χ0n) is 32.1. The van der Waals surface area contributed by atoms with Crippen molar-refractivity contribution >= 4 is 56.5 Å². The minimum atomic E-state index is -1.57. The Labute approximate surface area is 313 Å². The summed E-state index contributed by atoms with van der Waals surface area (Å²) < 4.78 is 24.5. The zero-order chi connectivity index (χ0) is 35.6. The zero-order valence-corrected chi connectivity index (χ0v) is 38.3. The van der Waals surface area contributed by atoms with Crippen LogP contribution in [0.25, 0.3) is 0 Å². The Balaban J connectivity index is 0.00000354. The van der Waals surface area contributed by atoms with Crippen LogP contribution >= 0.6 is 28.5 Å². The third-order valence-corrected chi connectivity index (χ3v) is 12.2. The molecule has 6 nitrogen and oxygen atoms in total. The molecule has 0 amide bonds. The summed E-state index contributed by atoms with van der Waals surface area (Å²) in [5.41, 5.74) is 2.52. The van der Waals surface area contributed by atoms with Crippen LogP contribution in [0.5, 0.6) is 0 Å². The van der Waals surface area contributed by atoms with Gasteiger partial charge in [0.1, 0.15) is 0 Å². The number of halogens is 2. The molecule has 0 aliphatic heterocycles. The second-order valence-electron chi connectivity index (χ2n) is 15.6. The van der Waals surface area contributed by atoms with Crippen molar-refractivity contribution in [2.75, 3.05) is 27.4 Å². The Hall–Kier alpha value is 1.07. The molecule has 4 unspecified atom stereocenters. The number of nitrogens with zero attached hydrogens (tertiary/aromatic N) is 2. The molecule has 2 fully saturated rings. The molecule has 0 heterocycles. The summed E-state index contributed by atoms with van der Waals surface area (Å²) in [5, 5.41) is 0. The van der Waals surface area contributed by atoms with Gasteiger partial charge in [0.2, 0.25) is 0 Å². The molecule has 0 spiro atoms. The number of hydrogen-bond donors (Lipinski definition) is 0. The SMILES string of the molecule is CCC1CC(OC)CC(CC)C1N=C(CCCO[Si](C)(C)C)C(CCCO[Si](C)(C)C)=NC1C(CC)CC(OC)CC1CC.[Br][Ni][Br]. The van der Waals surface area contributed by atoms with E-state index in [1.54, 1.807) is 0 Å². The molecule has 4 atom stereocenters. The number of hydrogen-bond acceptors (Lipinski definition) is 6. The normalized spacial score (nSPS) is 29.5. The molecule has 2 rings (SSSR count). The number of ether oxygens (including phenoxy) is 2. The fourth-order valence-corrected chi connectivity index (χ4v) is 8.99. The Kier molecular flexibility index (Phi) is 23.9. The Morgan fingerprint density at radius 1 is 0.596 bits per heavy atom. The average molecular weight is 872 g/mol. The van der Waals surface area contributed by atoms with E-state index in [1.165, 1.54) is 22.3 Å². The maximum atomic E-state index is 6.34. The van der Waals surface area contributed by atoms with Gasteiger partial charge in [-0.05, 0) is 114 Å². The van der Waals surface area contributed by atoms with Crippen LogP contribution in [0.4, 0.5) is 0 Å². The monoisotopic (exact) mass is 868 g/mol. The first-order valence-electron chi connectivity index (χ1n) is 18.5. The molecule has 282 valence electrons. The van der Waals surface area contributed by atoms with Gasteiger partial charge in [-0.25, -0.2) is 0 Å². The van der Waals surface area contributed by atoms with E-state index in [-0.39, 0.29) is 0 Å². The summed E-state index contributed by atoms with van der Waals surface area (Å²) in [5.74, 6) is 2.19. The fourth-order valence-electron chi connectivity index (χ4n) is 7.47. The molecule has 2 aliphatic carbocycles. The molecule has 0 radical (unpaired) electrons. The molecule has 47 heavy (non-hydrogen) atoms. The second-order valence-corrected chi connectivity index (χ2v) is 29.6. The van der Waals surface area contributed by atoms with Gasteiger partial charge in [-0.3, -0.25) is 9.98 Å². The van der Waals surface area contributed by atoms with E-state index in [0.29, 0.717) is 48.0 Å². The maximum absolute atomic E-state index is 6.34. The summed E-state index contributed by atoms with van der Waals surface area (Å²) in [7, 11) is 1.88. The molecular weight excluding hydrogens is 799 g/mol. The first-order chi connectivity index (χ1) is 22.2. The van der Waals surface area contributed by atoms with Crippen LogP contribution in [0.15, 0.2) is 9.98 Å². The van der Waals surface area contributed by atoms with Gasteiger partial charge in [0.25, 0.3) is 0 Å². The van der Waals surface area contributed by atoms with Crippen molar-refractivity contribution in [2.24, 2.45) is 33.7 Å². The van der Waals surface area contributed by atoms with Crippen molar-refractivity contribution in [3.05, 3.63) is 0 Å². The molecule has 0 aromatic carbocycles. The summed E-state index contributed by atoms with van der Waals surface area (Å²) in [6.07, 6.45) is 13.6. The molecule has 2 aliphatic rings. The third kappa shape index (κ3) is 17.9. The molecule has 0 aromatic heterocycles. The van der Waals surface area contributed by atoms with Crippen LogP contribution in [-0.2, 0) is 29.2 Å². The number of methoxy groups -OCH3 is 2. The van der Waals surface area contributed by atoms with Gasteiger partial charge >= 0.3 is 39.3 Å². The van der Waals surface area contributed by atoms with E-state index in [9.17, 15) is 0 Å². The van der Waals surface area contributed by atoms with Gasteiger partial charge < -0.3 is 18.3 Å². The topological polar surface area (TPSA) is 61.6 Å². The first kappa shape index (κ1) is 46.1. The number of rotatable bonds is 19. The van der Waals surface area contributed by atoms with Crippen LogP contribution in [0, 0.1) is 23.7 Å². The van der Waals surface area contributed by atoms with Gasteiger partial charge in [0.15, 0.2) is 16.6 Å². The van der Waals surface area contributed by atoms with Gasteiger partial charge in [-0.2, -0.15) is 0 Å². The molecule has 2 saturated carbocycles. The Morgan fingerprint density at radius 3 is 1.09 bits per heavy atom. The summed E-state index contributed by atoms with van der Waals surface area (Å²) >= 11 is 6.00. The molecule has 0 bridgehead atoms. The van der Waals surface area contributed by atoms with E-state index in [1.807, 2.05) is 14.2 Å². The predicted octanol–water partition coefficient (Wildman–Crippen LogP) is 11.3. The Morgan fingerprint density at radius 2 is 0.872 bits per heavy atom. The van der Waals surface area contributed by atoms with Crippen molar-refractivity contribution in [2.45, 2.75) is 168 Å². The molecule has 0 N–H and O–H groups in total.